The fourth-order valence-corrected chi connectivity index (χ4v) is 3.89. The van der Waals surface area contributed by atoms with Crippen LogP contribution in [0.15, 0.2) is 35.1 Å². The van der Waals surface area contributed by atoms with Gasteiger partial charge in [0.2, 0.25) is 6.34 Å². The maximum Gasteiger partial charge on any atom is 0.245 e. The standard InChI is InChI=1S/C16H15N3/c17-9-12-3-4-15-13(8-12)5-7-16(15)6-1-2-14-10-18-11-19(14)16/h3-4,8,10-11H,1-2,5-7H2/q+1. The monoisotopic (exact) mass is 249 g/mol. The fourth-order valence-electron chi connectivity index (χ4n) is 3.89. The number of nitrogens with zero attached hydrogens (tertiary/aromatic N) is 3. The summed E-state index contributed by atoms with van der Waals surface area (Å²) in [4.78, 5) is 6.72. The van der Waals surface area contributed by atoms with Gasteiger partial charge in [-0.05, 0) is 30.5 Å². The summed E-state index contributed by atoms with van der Waals surface area (Å²) in [5, 5.41) is 9.03. The van der Waals surface area contributed by atoms with Crippen molar-refractivity contribution in [1.29, 1.82) is 5.26 Å². The average molecular weight is 249 g/mol. The van der Waals surface area contributed by atoms with Gasteiger partial charge in [0.15, 0.2) is 11.2 Å². The van der Waals surface area contributed by atoms with Crippen molar-refractivity contribution in [3.8, 4) is 6.07 Å². The van der Waals surface area contributed by atoms with Crippen molar-refractivity contribution in [2.24, 2.45) is 4.99 Å². The van der Waals surface area contributed by atoms with E-state index in [4.69, 9.17) is 5.26 Å². The smallest absolute Gasteiger partial charge is 0.201 e. The predicted octanol–water partition coefficient (Wildman–Crippen LogP) is 2.91. The lowest BCUT2D eigenvalue weighted by molar-refractivity contribution is 0.241. The number of hydrogen-bond donors (Lipinski definition) is 0. The SMILES string of the molecule is N#Cc1ccc2c(c1)CCC21CCCC2=CN=C[N+]21. The van der Waals surface area contributed by atoms with E-state index in [2.05, 4.69) is 28.1 Å². The van der Waals surface area contributed by atoms with Crippen LogP contribution in [0.25, 0.3) is 0 Å². The van der Waals surface area contributed by atoms with Gasteiger partial charge >= 0.3 is 0 Å². The minimum atomic E-state index is 0.105. The van der Waals surface area contributed by atoms with Crippen molar-refractivity contribution in [3.05, 3.63) is 46.8 Å². The molecule has 0 aromatic heterocycles. The lowest BCUT2D eigenvalue weighted by Gasteiger charge is -2.33. The molecule has 0 saturated carbocycles. The number of benzene rings is 1. The number of piperidine rings is 1. The van der Waals surface area contributed by atoms with Gasteiger partial charge in [-0.25, -0.2) is 4.99 Å². The summed E-state index contributed by atoms with van der Waals surface area (Å²) in [5.41, 5.74) is 4.99. The molecule has 0 bridgehead atoms. The van der Waals surface area contributed by atoms with Crippen LogP contribution in [-0.4, -0.2) is 6.34 Å². The van der Waals surface area contributed by atoms with Crippen molar-refractivity contribution >= 4 is 6.34 Å². The summed E-state index contributed by atoms with van der Waals surface area (Å²) in [5.74, 6) is 0. The largest absolute Gasteiger partial charge is 0.245 e. The second-order valence-corrected chi connectivity index (χ2v) is 5.62. The number of hydrogen-bond acceptors (Lipinski definition) is 3. The zero-order chi connectivity index (χ0) is 12.9. The molecule has 3 nitrogen and oxygen atoms in total. The van der Waals surface area contributed by atoms with Gasteiger partial charge in [-0.2, -0.15) is 5.26 Å². The molecule has 0 N–H and O–H groups in total. The Morgan fingerprint density at radius 3 is 3.11 bits per heavy atom. The van der Waals surface area contributed by atoms with Crippen molar-refractivity contribution in [2.45, 2.75) is 37.6 Å². The Kier molecular flexibility index (Phi) is 2.18. The molecule has 4 rings (SSSR count). The lowest BCUT2D eigenvalue weighted by atomic mass is 9.81. The van der Waals surface area contributed by atoms with Crippen molar-refractivity contribution < 1.29 is 0 Å². The molecular formula is C16H15N3+. The van der Waals surface area contributed by atoms with E-state index in [-0.39, 0.29) is 5.54 Å². The Morgan fingerprint density at radius 2 is 2.21 bits per heavy atom. The van der Waals surface area contributed by atoms with E-state index in [0.29, 0.717) is 0 Å². The van der Waals surface area contributed by atoms with Crippen LogP contribution in [0.5, 0.6) is 0 Å². The van der Waals surface area contributed by atoms with Crippen molar-refractivity contribution in [3.63, 3.8) is 0 Å². The number of aryl methyl sites for hydroxylation is 1. The topological polar surface area (TPSA) is 42.0 Å². The Balaban J connectivity index is 1.85. The molecule has 3 aliphatic rings. The molecule has 1 unspecified atom stereocenters. The molecule has 1 fully saturated rings. The molecule has 1 aliphatic carbocycles. The third-order valence-corrected chi connectivity index (χ3v) is 4.74. The summed E-state index contributed by atoms with van der Waals surface area (Å²) >= 11 is 0. The minimum absolute atomic E-state index is 0.105. The van der Waals surface area contributed by atoms with Crippen LogP contribution in [0.4, 0.5) is 0 Å². The highest BCUT2D eigenvalue weighted by molar-refractivity contribution is 5.69. The van der Waals surface area contributed by atoms with Crippen LogP contribution in [0.1, 0.15) is 42.4 Å². The third-order valence-electron chi connectivity index (χ3n) is 4.74. The van der Waals surface area contributed by atoms with Gasteiger partial charge in [-0.1, -0.05) is 11.0 Å². The lowest BCUT2D eigenvalue weighted by Crippen LogP contribution is -2.49. The number of fused-ring (bicyclic) bond motifs is 4. The number of allylic oxidation sites excluding steroid dienone is 1. The number of aliphatic imine (C=N–C) groups is 1. The van der Waals surface area contributed by atoms with Crippen LogP contribution in [0.2, 0.25) is 0 Å². The van der Waals surface area contributed by atoms with E-state index in [9.17, 15) is 0 Å². The summed E-state index contributed by atoms with van der Waals surface area (Å²) < 4.78 is 0. The Labute approximate surface area is 112 Å². The number of rotatable bonds is 0. The van der Waals surface area contributed by atoms with Gasteiger partial charge in [0.1, 0.15) is 0 Å². The van der Waals surface area contributed by atoms with E-state index < -0.39 is 0 Å². The van der Waals surface area contributed by atoms with Gasteiger partial charge in [-0.3, -0.25) is 0 Å². The molecule has 1 spiro atoms. The molecule has 1 aromatic rings. The molecule has 0 amide bonds. The van der Waals surface area contributed by atoms with Gasteiger partial charge in [-0.15, -0.1) is 0 Å². The van der Waals surface area contributed by atoms with Crippen LogP contribution in [-0.2, 0) is 12.0 Å². The molecule has 1 saturated heterocycles. The highest BCUT2D eigenvalue weighted by Gasteiger charge is 2.55. The summed E-state index contributed by atoms with van der Waals surface area (Å²) in [6.07, 6.45) is 9.75. The second-order valence-electron chi connectivity index (χ2n) is 5.62. The predicted molar refractivity (Wildman–Crippen MR) is 73.7 cm³/mol. The molecule has 2 aliphatic heterocycles. The fraction of sp³-hybridized carbons (Fsp3) is 0.375. The van der Waals surface area contributed by atoms with E-state index >= 15 is 0 Å². The molecule has 1 atom stereocenters. The Bertz CT molecular complexity index is 650. The zero-order valence-corrected chi connectivity index (χ0v) is 10.8. The van der Waals surface area contributed by atoms with Crippen LogP contribution in [0, 0.1) is 11.3 Å². The van der Waals surface area contributed by atoms with Gasteiger partial charge in [0, 0.05) is 24.8 Å². The molecule has 93 valence electrons. The number of nitriles is 1. The highest BCUT2D eigenvalue weighted by atomic mass is 15.3. The Morgan fingerprint density at radius 1 is 1.26 bits per heavy atom. The molecule has 2 heterocycles. The summed E-state index contributed by atoms with van der Waals surface area (Å²) in [7, 11) is 0. The van der Waals surface area contributed by atoms with Crippen molar-refractivity contribution in [2.75, 3.05) is 0 Å². The van der Waals surface area contributed by atoms with Gasteiger partial charge in [0.25, 0.3) is 0 Å². The molecule has 3 heteroatoms. The van der Waals surface area contributed by atoms with E-state index in [1.165, 1.54) is 29.7 Å². The quantitative estimate of drug-likeness (QED) is 0.652. The van der Waals surface area contributed by atoms with Crippen molar-refractivity contribution in [1.82, 2.24) is 4.90 Å². The maximum absolute atomic E-state index is 9.03. The first-order valence-corrected chi connectivity index (χ1v) is 6.89. The van der Waals surface area contributed by atoms with Crippen LogP contribution >= 0.6 is 0 Å². The second kappa shape index (κ2) is 3.79. The molecule has 1 aromatic carbocycles. The Hall–Kier alpha value is -1.92. The highest BCUT2D eigenvalue weighted by Crippen LogP contribution is 2.48. The summed E-state index contributed by atoms with van der Waals surface area (Å²) in [6, 6.07) is 8.43. The van der Waals surface area contributed by atoms with E-state index in [1.54, 1.807) is 0 Å². The van der Waals surface area contributed by atoms with Gasteiger partial charge < -0.3 is 0 Å². The van der Waals surface area contributed by atoms with Crippen LogP contribution in [0.3, 0.4) is 0 Å². The minimum Gasteiger partial charge on any atom is -0.201 e. The first kappa shape index (κ1) is 11.0. The first-order chi connectivity index (χ1) is 9.33. The zero-order valence-electron chi connectivity index (χ0n) is 10.8. The maximum atomic E-state index is 9.03. The van der Waals surface area contributed by atoms with Crippen LogP contribution < -0.4 is 4.90 Å². The molecule has 1 radical (unpaired) electrons. The summed E-state index contributed by atoms with van der Waals surface area (Å²) in [6.45, 7) is 0. The average Bonchev–Trinajstić information content (AvgIpc) is 3.05. The third kappa shape index (κ3) is 1.38. The van der Waals surface area contributed by atoms with E-state index in [1.807, 2.05) is 18.6 Å². The molecule has 19 heavy (non-hydrogen) atoms. The normalized spacial score (nSPS) is 28.1. The molecular weight excluding hydrogens is 234 g/mol. The first-order valence-electron chi connectivity index (χ1n) is 6.89. The van der Waals surface area contributed by atoms with Gasteiger partial charge in [0.05, 0.1) is 17.8 Å². The van der Waals surface area contributed by atoms with E-state index in [0.717, 1.165) is 24.8 Å².